The summed E-state index contributed by atoms with van der Waals surface area (Å²) < 4.78 is 10.1. The van der Waals surface area contributed by atoms with E-state index in [4.69, 9.17) is 15.2 Å². The van der Waals surface area contributed by atoms with E-state index in [9.17, 15) is 4.79 Å². The fourth-order valence-corrected chi connectivity index (χ4v) is 1.82. The zero-order chi connectivity index (χ0) is 14.3. The lowest BCUT2D eigenvalue weighted by Crippen LogP contribution is -2.23. The molecule has 0 aliphatic carbocycles. The summed E-state index contributed by atoms with van der Waals surface area (Å²) in [7, 11) is 0. The van der Waals surface area contributed by atoms with Crippen LogP contribution in [0.1, 0.15) is 20.8 Å². The summed E-state index contributed by atoms with van der Waals surface area (Å²) in [5.41, 5.74) is 7.62. The minimum Gasteiger partial charge on any atom is -0.482 e. The van der Waals surface area contributed by atoms with Crippen LogP contribution >= 0.6 is 0 Å². The molecule has 5 nitrogen and oxygen atoms in total. The van der Waals surface area contributed by atoms with E-state index in [1.807, 2.05) is 12.1 Å². The quantitative estimate of drug-likeness (QED) is 0.604. The lowest BCUT2D eigenvalue weighted by Gasteiger charge is -2.23. The van der Waals surface area contributed by atoms with Gasteiger partial charge in [0.2, 0.25) is 0 Å². The highest BCUT2D eigenvalue weighted by molar-refractivity contribution is 5.72. The molecule has 0 unspecified atom stereocenters. The maximum atomic E-state index is 11.2. The Morgan fingerprint density at radius 1 is 1.26 bits per heavy atom. The molecule has 0 saturated carbocycles. The molecule has 106 valence electrons. The second-order valence-corrected chi connectivity index (χ2v) is 3.99. The molecule has 0 amide bonds. The SMILES string of the molecule is CCOC(=O)COc1ccc(N(CC)CC)c(N)c1. The van der Waals surface area contributed by atoms with Gasteiger partial charge in [-0.05, 0) is 32.9 Å². The molecule has 0 aliphatic heterocycles. The van der Waals surface area contributed by atoms with Gasteiger partial charge in [-0.15, -0.1) is 0 Å². The Hall–Kier alpha value is -1.91. The van der Waals surface area contributed by atoms with Crippen molar-refractivity contribution in [3.8, 4) is 5.75 Å². The van der Waals surface area contributed by atoms with Crippen molar-refractivity contribution < 1.29 is 14.3 Å². The first-order valence-corrected chi connectivity index (χ1v) is 6.55. The largest absolute Gasteiger partial charge is 0.482 e. The highest BCUT2D eigenvalue weighted by atomic mass is 16.6. The lowest BCUT2D eigenvalue weighted by molar-refractivity contribution is -0.145. The van der Waals surface area contributed by atoms with Crippen molar-refractivity contribution in [2.24, 2.45) is 0 Å². The molecular formula is C14H22N2O3. The average Bonchev–Trinajstić information content (AvgIpc) is 2.40. The summed E-state index contributed by atoms with van der Waals surface area (Å²) in [5.74, 6) is 0.190. The minimum atomic E-state index is -0.381. The van der Waals surface area contributed by atoms with Crippen LogP contribution in [-0.4, -0.2) is 32.3 Å². The van der Waals surface area contributed by atoms with Crippen molar-refractivity contribution in [3.63, 3.8) is 0 Å². The van der Waals surface area contributed by atoms with Crippen LogP contribution in [-0.2, 0) is 9.53 Å². The number of hydrogen-bond acceptors (Lipinski definition) is 5. The maximum absolute atomic E-state index is 11.2. The molecule has 1 aromatic carbocycles. The summed E-state index contributed by atoms with van der Waals surface area (Å²) >= 11 is 0. The number of benzene rings is 1. The van der Waals surface area contributed by atoms with Gasteiger partial charge < -0.3 is 20.1 Å². The first-order chi connectivity index (χ1) is 9.12. The van der Waals surface area contributed by atoms with Crippen molar-refractivity contribution in [1.82, 2.24) is 0 Å². The third-order valence-corrected chi connectivity index (χ3v) is 2.77. The molecule has 2 N–H and O–H groups in total. The average molecular weight is 266 g/mol. The van der Waals surface area contributed by atoms with E-state index >= 15 is 0 Å². The summed E-state index contributed by atoms with van der Waals surface area (Å²) in [6.45, 7) is 7.95. The van der Waals surface area contributed by atoms with E-state index in [2.05, 4.69) is 18.7 Å². The van der Waals surface area contributed by atoms with Crippen LogP contribution in [0.25, 0.3) is 0 Å². The third kappa shape index (κ3) is 4.35. The topological polar surface area (TPSA) is 64.8 Å². The first kappa shape index (κ1) is 15.1. The fourth-order valence-electron chi connectivity index (χ4n) is 1.82. The molecule has 0 spiro atoms. The zero-order valence-corrected chi connectivity index (χ0v) is 11.8. The predicted molar refractivity (Wildman–Crippen MR) is 76.5 cm³/mol. The summed E-state index contributed by atoms with van der Waals surface area (Å²) in [6.07, 6.45) is 0. The number of rotatable bonds is 7. The van der Waals surface area contributed by atoms with Gasteiger partial charge in [0.15, 0.2) is 6.61 Å². The van der Waals surface area contributed by atoms with Gasteiger partial charge in [-0.2, -0.15) is 0 Å². The van der Waals surface area contributed by atoms with Gasteiger partial charge in [-0.3, -0.25) is 0 Å². The maximum Gasteiger partial charge on any atom is 0.344 e. The van der Waals surface area contributed by atoms with Crippen molar-refractivity contribution in [3.05, 3.63) is 18.2 Å². The van der Waals surface area contributed by atoms with E-state index in [0.29, 0.717) is 18.0 Å². The first-order valence-electron chi connectivity index (χ1n) is 6.55. The van der Waals surface area contributed by atoms with Crippen LogP contribution in [0.2, 0.25) is 0 Å². The molecule has 0 saturated heterocycles. The van der Waals surface area contributed by atoms with Crippen LogP contribution < -0.4 is 15.4 Å². The predicted octanol–water partition coefficient (Wildman–Crippen LogP) is 2.06. The number of ether oxygens (including phenoxy) is 2. The van der Waals surface area contributed by atoms with E-state index in [1.165, 1.54) is 0 Å². The number of nitrogens with zero attached hydrogens (tertiary/aromatic N) is 1. The molecule has 0 aromatic heterocycles. The van der Waals surface area contributed by atoms with Crippen LogP contribution in [0.5, 0.6) is 5.75 Å². The molecular weight excluding hydrogens is 244 g/mol. The molecule has 1 rings (SSSR count). The highest BCUT2D eigenvalue weighted by Crippen LogP contribution is 2.27. The smallest absolute Gasteiger partial charge is 0.344 e. The normalized spacial score (nSPS) is 10.1. The van der Waals surface area contributed by atoms with E-state index < -0.39 is 0 Å². The third-order valence-electron chi connectivity index (χ3n) is 2.77. The Balaban J connectivity index is 2.68. The van der Waals surface area contributed by atoms with Gasteiger partial charge in [0, 0.05) is 19.2 Å². The number of carbonyl (C=O) groups excluding carboxylic acids is 1. The minimum absolute atomic E-state index is 0.0993. The summed E-state index contributed by atoms with van der Waals surface area (Å²) in [5, 5.41) is 0. The molecule has 5 heteroatoms. The van der Waals surface area contributed by atoms with Gasteiger partial charge in [0.05, 0.1) is 18.0 Å². The van der Waals surface area contributed by atoms with Crippen molar-refractivity contribution in [1.29, 1.82) is 0 Å². The van der Waals surface area contributed by atoms with Gasteiger partial charge in [-0.25, -0.2) is 4.79 Å². The standard InChI is InChI=1S/C14H22N2O3/c1-4-16(5-2)13-8-7-11(9-12(13)15)19-10-14(17)18-6-3/h7-9H,4-6,10,15H2,1-3H3. The Morgan fingerprint density at radius 2 is 1.95 bits per heavy atom. The molecule has 0 atom stereocenters. The van der Waals surface area contributed by atoms with Crippen molar-refractivity contribution in [2.45, 2.75) is 20.8 Å². The Bertz CT molecular complexity index is 417. The lowest BCUT2D eigenvalue weighted by atomic mass is 10.2. The van der Waals surface area contributed by atoms with Crippen LogP contribution in [0.3, 0.4) is 0 Å². The zero-order valence-electron chi connectivity index (χ0n) is 11.8. The van der Waals surface area contributed by atoms with Crippen molar-refractivity contribution in [2.75, 3.05) is 36.9 Å². The molecule has 1 aromatic rings. The van der Waals surface area contributed by atoms with Crippen LogP contribution in [0, 0.1) is 0 Å². The number of anilines is 2. The highest BCUT2D eigenvalue weighted by Gasteiger charge is 2.08. The molecule has 0 radical (unpaired) electrons. The number of hydrogen-bond donors (Lipinski definition) is 1. The van der Waals surface area contributed by atoms with Gasteiger partial charge in [0.25, 0.3) is 0 Å². The number of nitrogen functional groups attached to an aromatic ring is 1. The molecule has 0 aliphatic rings. The second-order valence-electron chi connectivity index (χ2n) is 3.99. The Kier molecular flexibility index (Phi) is 5.99. The molecule has 0 bridgehead atoms. The molecule has 0 fully saturated rings. The number of nitrogens with two attached hydrogens (primary N) is 1. The Labute approximate surface area is 114 Å². The van der Waals surface area contributed by atoms with E-state index in [0.717, 1.165) is 18.8 Å². The fraction of sp³-hybridized carbons (Fsp3) is 0.500. The monoisotopic (exact) mass is 266 g/mol. The van der Waals surface area contributed by atoms with E-state index in [-0.39, 0.29) is 12.6 Å². The number of carbonyl (C=O) groups is 1. The molecule has 0 heterocycles. The van der Waals surface area contributed by atoms with Crippen LogP contribution in [0.15, 0.2) is 18.2 Å². The van der Waals surface area contributed by atoms with Gasteiger partial charge in [-0.1, -0.05) is 0 Å². The van der Waals surface area contributed by atoms with E-state index in [1.54, 1.807) is 13.0 Å². The summed E-state index contributed by atoms with van der Waals surface area (Å²) in [6, 6.07) is 5.44. The van der Waals surface area contributed by atoms with Crippen molar-refractivity contribution >= 4 is 17.3 Å². The van der Waals surface area contributed by atoms with Gasteiger partial charge >= 0.3 is 5.97 Å². The summed E-state index contributed by atoms with van der Waals surface area (Å²) in [4.78, 5) is 13.3. The van der Waals surface area contributed by atoms with Gasteiger partial charge in [0.1, 0.15) is 5.75 Å². The number of esters is 1. The molecule has 19 heavy (non-hydrogen) atoms. The second kappa shape index (κ2) is 7.51. The Morgan fingerprint density at radius 3 is 2.47 bits per heavy atom. The van der Waals surface area contributed by atoms with Crippen LogP contribution in [0.4, 0.5) is 11.4 Å².